The summed E-state index contributed by atoms with van der Waals surface area (Å²) in [6.45, 7) is 0.460. The Morgan fingerprint density at radius 3 is 2.38 bits per heavy atom. The van der Waals surface area contributed by atoms with Crippen LogP contribution in [0.4, 0.5) is 20.2 Å². The van der Waals surface area contributed by atoms with Crippen LogP contribution < -0.4 is 10.5 Å². The number of nitro groups is 1. The molecule has 0 saturated heterocycles. The molecule has 3 N–H and O–H groups in total. The number of nitrogens with zero attached hydrogens (tertiary/aromatic N) is 1. The van der Waals surface area contributed by atoms with Gasteiger partial charge in [-0.05, 0) is 53.8 Å². The van der Waals surface area contributed by atoms with Gasteiger partial charge in [-0.3, -0.25) is 14.7 Å². The van der Waals surface area contributed by atoms with Crippen molar-refractivity contribution in [2.75, 3.05) is 5.73 Å². The maximum absolute atomic E-state index is 13.6. The number of alkyl halides is 2. The van der Waals surface area contributed by atoms with Gasteiger partial charge in [-0.2, -0.15) is 17.2 Å². The van der Waals surface area contributed by atoms with Crippen LogP contribution in [-0.4, -0.2) is 41.2 Å². The second-order valence-electron chi connectivity index (χ2n) is 6.14. The lowest BCUT2D eigenvalue weighted by atomic mass is 10.1. The minimum atomic E-state index is -5.94. The Morgan fingerprint density at radius 1 is 1.19 bits per heavy atom. The van der Waals surface area contributed by atoms with Gasteiger partial charge in [0.15, 0.2) is 6.10 Å². The SMILES string of the molecule is CC(OC(=O)c1cc(OC(=O)c2cc(I)ccc2N)ccc1[N+](=O)[O-])C(F)(F)S(=O)(=O)O. The predicted molar refractivity (Wildman–Crippen MR) is 113 cm³/mol. The fourth-order valence-corrected chi connectivity index (χ4v) is 3.23. The molecule has 172 valence electrons. The number of hydrogen-bond acceptors (Lipinski definition) is 9. The summed E-state index contributed by atoms with van der Waals surface area (Å²) in [5.41, 5.74) is 3.93. The van der Waals surface area contributed by atoms with E-state index < -0.39 is 49.6 Å². The number of halogens is 3. The molecule has 1 atom stereocenters. The van der Waals surface area contributed by atoms with E-state index in [0.29, 0.717) is 16.6 Å². The van der Waals surface area contributed by atoms with Crippen molar-refractivity contribution in [2.45, 2.75) is 18.3 Å². The molecule has 1 unspecified atom stereocenters. The summed E-state index contributed by atoms with van der Waals surface area (Å²) >= 11 is 1.91. The van der Waals surface area contributed by atoms with Crippen LogP contribution in [0.15, 0.2) is 36.4 Å². The number of carbonyl (C=O) groups excluding carboxylic acids is 2. The van der Waals surface area contributed by atoms with Crippen LogP contribution in [0.5, 0.6) is 5.75 Å². The summed E-state index contributed by atoms with van der Waals surface area (Å²) in [6, 6.07) is 6.86. The topological polar surface area (TPSA) is 176 Å². The minimum Gasteiger partial charge on any atom is -0.451 e. The van der Waals surface area contributed by atoms with Gasteiger partial charge in [-0.1, -0.05) is 0 Å². The largest absolute Gasteiger partial charge is 0.451 e. The average Bonchev–Trinajstić information content (AvgIpc) is 2.68. The van der Waals surface area contributed by atoms with Crippen LogP contribution in [0, 0.1) is 13.7 Å². The van der Waals surface area contributed by atoms with Crippen molar-refractivity contribution < 1.29 is 45.7 Å². The molecule has 0 aromatic heterocycles. The third kappa shape index (κ3) is 5.46. The molecule has 0 saturated carbocycles. The monoisotopic (exact) mass is 586 g/mol. The van der Waals surface area contributed by atoms with Gasteiger partial charge in [-0.25, -0.2) is 9.59 Å². The number of rotatable bonds is 7. The number of carbonyl (C=O) groups is 2. The van der Waals surface area contributed by atoms with Crippen LogP contribution >= 0.6 is 22.6 Å². The molecule has 2 aromatic rings. The number of benzene rings is 2. The zero-order chi connectivity index (χ0) is 24.4. The standard InChI is InChI=1S/C17H13F2IN2O9S/c1-8(17(18,19)32(27,28)29)30-16(24)12-7-10(3-5-14(12)22(25)26)31-15(23)11-6-9(20)2-4-13(11)21/h2-8H,21H2,1H3,(H,27,28,29). The molecule has 0 radical (unpaired) electrons. The number of ether oxygens (including phenoxy) is 2. The fourth-order valence-electron chi connectivity index (χ4n) is 2.27. The molecule has 0 amide bonds. The molecule has 0 aliphatic heterocycles. The lowest BCUT2D eigenvalue weighted by molar-refractivity contribution is -0.385. The van der Waals surface area contributed by atoms with E-state index in [4.69, 9.17) is 15.0 Å². The Kier molecular flexibility index (Phi) is 7.36. The molecular weight excluding hydrogens is 573 g/mol. The maximum atomic E-state index is 13.6. The van der Waals surface area contributed by atoms with Gasteiger partial charge < -0.3 is 15.2 Å². The van der Waals surface area contributed by atoms with Crippen molar-refractivity contribution in [1.29, 1.82) is 0 Å². The van der Waals surface area contributed by atoms with E-state index in [9.17, 15) is 36.9 Å². The summed E-state index contributed by atoms with van der Waals surface area (Å²) in [5, 5.41) is 6.31. The summed E-state index contributed by atoms with van der Waals surface area (Å²) in [6.07, 6.45) is -2.71. The average molecular weight is 586 g/mol. The zero-order valence-electron chi connectivity index (χ0n) is 15.8. The van der Waals surface area contributed by atoms with E-state index in [0.717, 1.165) is 12.1 Å². The molecule has 0 fully saturated rings. The zero-order valence-corrected chi connectivity index (χ0v) is 18.8. The summed E-state index contributed by atoms with van der Waals surface area (Å²) in [4.78, 5) is 34.8. The fraction of sp³-hybridized carbons (Fsp3) is 0.176. The van der Waals surface area contributed by atoms with Crippen LogP contribution in [0.1, 0.15) is 27.6 Å². The van der Waals surface area contributed by atoms with E-state index in [2.05, 4.69) is 4.74 Å². The number of nitrogen functional groups attached to an aromatic ring is 1. The first kappa shape index (κ1) is 25.3. The molecule has 0 aliphatic rings. The van der Waals surface area contributed by atoms with Crippen molar-refractivity contribution in [2.24, 2.45) is 0 Å². The maximum Gasteiger partial charge on any atom is 0.405 e. The number of hydrogen-bond donors (Lipinski definition) is 2. The van der Waals surface area contributed by atoms with Crippen molar-refractivity contribution in [3.05, 3.63) is 61.2 Å². The van der Waals surface area contributed by atoms with Crippen LogP contribution in [0.25, 0.3) is 0 Å². The summed E-state index contributed by atoms with van der Waals surface area (Å²) in [7, 11) is -5.94. The van der Waals surface area contributed by atoms with Crippen LogP contribution in [0.3, 0.4) is 0 Å². The van der Waals surface area contributed by atoms with Gasteiger partial charge in [-0.15, -0.1) is 0 Å². The Hall–Kier alpha value is -2.92. The third-order valence-electron chi connectivity index (χ3n) is 3.93. The lowest BCUT2D eigenvalue weighted by Crippen LogP contribution is -2.42. The highest BCUT2D eigenvalue weighted by atomic mass is 127. The van der Waals surface area contributed by atoms with E-state index >= 15 is 0 Å². The van der Waals surface area contributed by atoms with Crippen molar-refractivity contribution in [3.63, 3.8) is 0 Å². The van der Waals surface area contributed by atoms with Crippen molar-refractivity contribution in [1.82, 2.24) is 0 Å². The number of nitrogens with two attached hydrogens (primary N) is 1. The first-order chi connectivity index (χ1) is 14.6. The van der Waals surface area contributed by atoms with Crippen LogP contribution in [0.2, 0.25) is 0 Å². The first-order valence-electron chi connectivity index (χ1n) is 8.26. The second-order valence-corrected chi connectivity index (χ2v) is 8.88. The number of anilines is 1. The minimum absolute atomic E-state index is 0.0409. The Morgan fingerprint density at radius 2 is 1.81 bits per heavy atom. The molecule has 0 bridgehead atoms. The van der Waals surface area contributed by atoms with E-state index in [1.165, 1.54) is 12.1 Å². The highest BCUT2D eigenvalue weighted by Crippen LogP contribution is 2.30. The number of nitro benzene ring substituents is 1. The van der Waals surface area contributed by atoms with E-state index in [1.54, 1.807) is 6.07 Å². The third-order valence-corrected chi connectivity index (χ3v) is 5.62. The van der Waals surface area contributed by atoms with Gasteiger partial charge >= 0.3 is 27.3 Å². The molecule has 32 heavy (non-hydrogen) atoms. The second kappa shape index (κ2) is 9.29. The normalized spacial score (nSPS) is 12.7. The molecular formula is C17H13F2IN2O9S. The number of esters is 2. The molecule has 2 aromatic carbocycles. The predicted octanol–water partition coefficient (Wildman–Crippen LogP) is 3.03. The first-order valence-corrected chi connectivity index (χ1v) is 10.8. The van der Waals surface area contributed by atoms with E-state index in [1.807, 2.05) is 22.6 Å². The Labute approximate surface area is 192 Å². The summed E-state index contributed by atoms with van der Waals surface area (Å²) in [5.74, 6) is -3.08. The smallest absolute Gasteiger partial charge is 0.405 e. The van der Waals surface area contributed by atoms with Gasteiger partial charge in [0.1, 0.15) is 11.3 Å². The summed E-state index contributed by atoms with van der Waals surface area (Å²) < 4.78 is 67.4. The van der Waals surface area contributed by atoms with Gasteiger partial charge in [0.25, 0.3) is 5.69 Å². The molecule has 0 spiro atoms. The van der Waals surface area contributed by atoms with Gasteiger partial charge in [0, 0.05) is 21.4 Å². The van der Waals surface area contributed by atoms with Gasteiger partial charge in [0.05, 0.1) is 10.5 Å². The lowest BCUT2D eigenvalue weighted by Gasteiger charge is -2.20. The van der Waals surface area contributed by atoms with E-state index in [-0.39, 0.29) is 17.0 Å². The van der Waals surface area contributed by atoms with Crippen molar-refractivity contribution >= 4 is 56.0 Å². The highest BCUT2D eigenvalue weighted by molar-refractivity contribution is 14.1. The highest BCUT2D eigenvalue weighted by Gasteiger charge is 2.52. The Balaban J connectivity index is 2.37. The Bertz CT molecular complexity index is 1200. The molecule has 0 heterocycles. The van der Waals surface area contributed by atoms with Crippen molar-refractivity contribution in [3.8, 4) is 5.75 Å². The molecule has 11 nitrogen and oxygen atoms in total. The van der Waals surface area contributed by atoms with Crippen LogP contribution in [-0.2, 0) is 14.9 Å². The molecule has 2 rings (SSSR count). The molecule has 0 aliphatic carbocycles. The van der Waals surface area contributed by atoms with Gasteiger partial charge in [0.2, 0.25) is 0 Å². The molecule has 15 heteroatoms. The quantitative estimate of drug-likeness (QED) is 0.0933.